The molecule has 0 atom stereocenters. The molecule has 2 N–H and O–H groups in total. The molecule has 1 saturated heterocycles. The number of pyridine rings is 2. The summed E-state index contributed by atoms with van der Waals surface area (Å²) in [5.74, 6) is 1.12. The van der Waals surface area contributed by atoms with Gasteiger partial charge in [-0.1, -0.05) is 18.7 Å². The lowest BCUT2D eigenvalue weighted by atomic mass is 10.00. The van der Waals surface area contributed by atoms with E-state index in [9.17, 15) is 4.79 Å². The number of nitrogens with one attached hydrogen (secondary N) is 2. The molecule has 4 aromatic rings. The highest BCUT2D eigenvalue weighted by Gasteiger charge is 2.17. The van der Waals surface area contributed by atoms with Gasteiger partial charge in [0.15, 0.2) is 0 Å². The van der Waals surface area contributed by atoms with Crippen molar-refractivity contribution in [3.63, 3.8) is 0 Å². The lowest BCUT2D eigenvalue weighted by Crippen LogP contribution is -2.44. The molecule has 3 aromatic heterocycles. The number of aromatic nitrogens is 4. The SMILES string of the molecule is C=CC(=O)Nc1cccnc1-c1c(C)ccc2cnc(Nc3ccc(N4CCN(C)CC4)nc3)nc12. The fraction of sp³-hybridized carbons (Fsp3) is 0.222. The smallest absolute Gasteiger partial charge is 0.247 e. The molecule has 0 spiro atoms. The van der Waals surface area contributed by atoms with E-state index in [0.717, 1.165) is 59.7 Å². The van der Waals surface area contributed by atoms with Crippen molar-refractivity contribution in [3.05, 3.63) is 73.2 Å². The molecule has 1 aliphatic rings. The summed E-state index contributed by atoms with van der Waals surface area (Å²) in [5.41, 5.74) is 4.59. The van der Waals surface area contributed by atoms with E-state index in [0.29, 0.717) is 17.3 Å². The summed E-state index contributed by atoms with van der Waals surface area (Å²) < 4.78 is 0. The number of carbonyl (C=O) groups excluding carboxylic acids is 1. The molecule has 1 fully saturated rings. The second-order valence-corrected chi connectivity index (χ2v) is 8.80. The number of carbonyl (C=O) groups is 1. The van der Waals surface area contributed by atoms with Gasteiger partial charge in [0.05, 0.1) is 28.8 Å². The minimum Gasteiger partial charge on any atom is -0.354 e. The van der Waals surface area contributed by atoms with Crippen LogP contribution in [0.1, 0.15) is 5.56 Å². The fourth-order valence-electron chi connectivity index (χ4n) is 4.26. The number of hydrogen-bond acceptors (Lipinski definition) is 8. The second kappa shape index (κ2) is 10.1. The van der Waals surface area contributed by atoms with Gasteiger partial charge < -0.3 is 20.4 Å². The third-order valence-corrected chi connectivity index (χ3v) is 6.28. The summed E-state index contributed by atoms with van der Waals surface area (Å²) in [4.78, 5) is 35.2. The quantitative estimate of drug-likeness (QED) is 0.400. The van der Waals surface area contributed by atoms with Gasteiger partial charge >= 0.3 is 0 Å². The summed E-state index contributed by atoms with van der Waals surface area (Å²) in [7, 11) is 2.14. The normalized spacial score (nSPS) is 14.0. The molecule has 1 aliphatic heterocycles. The first-order chi connectivity index (χ1) is 17.5. The van der Waals surface area contributed by atoms with Gasteiger partial charge in [-0.2, -0.15) is 0 Å². The van der Waals surface area contributed by atoms with E-state index in [1.807, 2.05) is 37.3 Å². The molecule has 5 rings (SSSR count). The third kappa shape index (κ3) is 4.87. The molecular weight excluding hydrogens is 452 g/mol. The van der Waals surface area contributed by atoms with Crippen LogP contribution in [0.2, 0.25) is 0 Å². The van der Waals surface area contributed by atoms with Crippen molar-refractivity contribution in [2.24, 2.45) is 0 Å². The standard InChI is InChI=1S/C27H28N8O/c1-4-23(36)32-21-6-5-11-28-26(21)24-18(2)7-8-19-16-30-27(33-25(19)24)31-20-9-10-22(29-17-20)35-14-12-34(3)13-15-35/h4-11,16-17H,1,12-15H2,2-3H3,(H,32,36)(H,30,31,33). The van der Waals surface area contributed by atoms with E-state index in [4.69, 9.17) is 4.98 Å². The van der Waals surface area contributed by atoms with Crippen LogP contribution in [0.3, 0.4) is 0 Å². The van der Waals surface area contributed by atoms with Gasteiger partial charge in [0.1, 0.15) is 5.82 Å². The first-order valence-corrected chi connectivity index (χ1v) is 11.8. The topological polar surface area (TPSA) is 99.2 Å². The summed E-state index contributed by atoms with van der Waals surface area (Å²) in [6.45, 7) is 9.54. The molecule has 0 radical (unpaired) electrons. The lowest BCUT2D eigenvalue weighted by Gasteiger charge is -2.33. The van der Waals surface area contributed by atoms with Gasteiger partial charge in [0.2, 0.25) is 11.9 Å². The van der Waals surface area contributed by atoms with E-state index in [1.165, 1.54) is 6.08 Å². The van der Waals surface area contributed by atoms with Crippen LogP contribution in [0.25, 0.3) is 22.2 Å². The van der Waals surface area contributed by atoms with Crippen LogP contribution in [-0.2, 0) is 4.79 Å². The Hall–Kier alpha value is -4.37. The summed E-state index contributed by atoms with van der Waals surface area (Å²) in [6, 6.07) is 11.6. The number of likely N-dealkylation sites (N-methyl/N-ethyl adjacent to an activating group) is 1. The lowest BCUT2D eigenvalue weighted by molar-refractivity contribution is -0.111. The molecule has 9 nitrogen and oxygen atoms in total. The Morgan fingerprint density at radius 1 is 1.03 bits per heavy atom. The highest BCUT2D eigenvalue weighted by atomic mass is 16.1. The molecule has 9 heteroatoms. The van der Waals surface area contributed by atoms with Crippen LogP contribution < -0.4 is 15.5 Å². The largest absolute Gasteiger partial charge is 0.354 e. The van der Waals surface area contributed by atoms with Crippen LogP contribution >= 0.6 is 0 Å². The monoisotopic (exact) mass is 480 g/mol. The fourth-order valence-corrected chi connectivity index (χ4v) is 4.26. The Bertz CT molecular complexity index is 1410. The van der Waals surface area contributed by atoms with Crippen LogP contribution in [-0.4, -0.2) is 64.0 Å². The van der Waals surface area contributed by atoms with Crippen LogP contribution in [0.4, 0.5) is 23.1 Å². The summed E-state index contributed by atoms with van der Waals surface area (Å²) in [5, 5.41) is 6.99. The summed E-state index contributed by atoms with van der Waals surface area (Å²) >= 11 is 0. The number of aryl methyl sites for hydroxylation is 1. The number of hydrogen-bond donors (Lipinski definition) is 2. The number of amides is 1. The molecule has 0 saturated carbocycles. The minimum atomic E-state index is -0.299. The maximum absolute atomic E-state index is 12.0. The Morgan fingerprint density at radius 2 is 1.86 bits per heavy atom. The zero-order chi connectivity index (χ0) is 25.1. The van der Waals surface area contributed by atoms with Crippen molar-refractivity contribution < 1.29 is 4.79 Å². The Kier molecular flexibility index (Phi) is 6.55. The van der Waals surface area contributed by atoms with Gasteiger partial charge in [-0.15, -0.1) is 0 Å². The number of benzene rings is 1. The van der Waals surface area contributed by atoms with E-state index in [-0.39, 0.29) is 5.91 Å². The summed E-state index contributed by atoms with van der Waals surface area (Å²) in [6.07, 6.45) is 6.52. The number of nitrogens with zero attached hydrogens (tertiary/aromatic N) is 6. The molecule has 1 aromatic carbocycles. The Morgan fingerprint density at radius 3 is 2.61 bits per heavy atom. The van der Waals surface area contributed by atoms with Crippen molar-refractivity contribution in [1.82, 2.24) is 24.8 Å². The van der Waals surface area contributed by atoms with E-state index >= 15 is 0 Å². The predicted octanol–water partition coefficient (Wildman–Crippen LogP) is 4.02. The van der Waals surface area contributed by atoms with Crippen molar-refractivity contribution in [2.75, 3.05) is 48.8 Å². The van der Waals surface area contributed by atoms with Gasteiger partial charge in [-0.25, -0.2) is 15.0 Å². The molecule has 182 valence electrons. The number of rotatable bonds is 6. The first-order valence-electron chi connectivity index (χ1n) is 11.8. The average molecular weight is 481 g/mol. The van der Waals surface area contributed by atoms with Crippen LogP contribution in [0, 0.1) is 6.92 Å². The van der Waals surface area contributed by atoms with Crippen molar-refractivity contribution in [2.45, 2.75) is 6.92 Å². The highest BCUT2D eigenvalue weighted by molar-refractivity contribution is 6.04. The molecule has 36 heavy (non-hydrogen) atoms. The molecule has 1 amide bonds. The highest BCUT2D eigenvalue weighted by Crippen LogP contribution is 2.34. The molecule has 0 bridgehead atoms. The molecular formula is C27H28N8O. The number of anilines is 4. The van der Waals surface area contributed by atoms with Crippen molar-refractivity contribution in [1.29, 1.82) is 0 Å². The number of piperazine rings is 1. The zero-order valence-corrected chi connectivity index (χ0v) is 20.4. The predicted molar refractivity (Wildman–Crippen MR) is 144 cm³/mol. The molecule has 0 aliphatic carbocycles. The van der Waals surface area contributed by atoms with Gasteiger partial charge in [0.25, 0.3) is 0 Å². The molecule has 4 heterocycles. The Labute approximate surface area is 209 Å². The number of fused-ring (bicyclic) bond motifs is 1. The Balaban J connectivity index is 1.46. The van der Waals surface area contributed by atoms with E-state index in [1.54, 1.807) is 24.7 Å². The average Bonchev–Trinajstić information content (AvgIpc) is 2.90. The zero-order valence-electron chi connectivity index (χ0n) is 20.4. The van der Waals surface area contributed by atoms with E-state index in [2.05, 4.69) is 49.0 Å². The third-order valence-electron chi connectivity index (χ3n) is 6.28. The maximum atomic E-state index is 12.0. The van der Waals surface area contributed by atoms with Crippen LogP contribution in [0.5, 0.6) is 0 Å². The van der Waals surface area contributed by atoms with Gasteiger partial charge in [-0.05, 0) is 49.9 Å². The molecule has 0 unspecified atom stereocenters. The van der Waals surface area contributed by atoms with Crippen molar-refractivity contribution in [3.8, 4) is 11.3 Å². The van der Waals surface area contributed by atoms with E-state index < -0.39 is 0 Å². The second-order valence-electron chi connectivity index (χ2n) is 8.80. The maximum Gasteiger partial charge on any atom is 0.247 e. The van der Waals surface area contributed by atoms with Gasteiger partial charge in [-0.3, -0.25) is 9.78 Å². The minimum absolute atomic E-state index is 0.299. The first kappa shape index (κ1) is 23.4. The van der Waals surface area contributed by atoms with Crippen LogP contribution in [0.15, 0.2) is 67.6 Å². The van der Waals surface area contributed by atoms with Gasteiger partial charge in [0, 0.05) is 49.5 Å². The van der Waals surface area contributed by atoms with Crippen molar-refractivity contribution >= 4 is 40.0 Å².